The lowest BCUT2D eigenvalue weighted by molar-refractivity contribution is -0.110. The number of ether oxygens (including phenoxy) is 1. The number of urea groups is 1. The van der Waals surface area contributed by atoms with Crippen LogP contribution in [-0.4, -0.2) is 72.4 Å². The number of morpholine rings is 1. The van der Waals surface area contributed by atoms with Crippen LogP contribution in [0.1, 0.15) is 31.0 Å². The van der Waals surface area contributed by atoms with Crippen LogP contribution in [0.25, 0.3) is 16.8 Å². The molecule has 40 heavy (non-hydrogen) atoms. The number of aromatic nitrogens is 1. The van der Waals surface area contributed by atoms with Crippen molar-refractivity contribution in [2.45, 2.75) is 32.9 Å². The van der Waals surface area contributed by atoms with Gasteiger partial charge in [-0.15, -0.1) is 0 Å². The van der Waals surface area contributed by atoms with E-state index in [4.69, 9.17) is 21.3 Å². The fourth-order valence-electron chi connectivity index (χ4n) is 4.25. The van der Waals surface area contributed by atoms with E-state index < -0.39 is 6.18 Å². The summed E-state index contributed by atoms with van der Waals surface area (Å²) in [4.78, 5) is 21.6. The number of hydrogen-bond donors (Lipinski definition) is 3. The number of benzene rings is 1. The molecule has 1 aromatic carbocycles. The molecule has 0 spiro atoms. The van der Waals surface area contributed by atoms with Crippen LogP contribution < -0.4 is 21.8 Å². The number of hydrazine groups is 1. The molecule has 0 aliphatic carbocycles. The van der Waals surface area contributed by atoms with Gasteiger partial charge in [0.25, 0.3) is 0 Å². The van der Waals surface area contributed by atoms with Crippen molar-refractivity contribution in [3.8, 4) is 11.1 Å². The van der Waals surface area contributed by atoms with Gasteiger partial charge < -0.3 is 30.6 Å². The number of nitrogens with one attached hydrogen (secondary N) is 1. The Bertz CT molecular complexity index is 1170. The minimum Gasteiger partial charge on any atom is -0.396 e. The Hall–Kier alpha value is -2.43. The van der Waals surface area contributed by atoms with E-state index in [0.29, 0.717) is 30.5 Å². The van der Waals surface area contributed by atoms with Gasteiger partial charge in [0.1, 0.15) is 5.82 Å². The van der Waals surface area contributed by atoms with Crippen molar-refractivity contribution in [1.82, 2.24) is 14.9 Å². The number of rotatable bonds is 7. The van der Waals surface area contributed by atoms with Crippen molar-refractivity contribution in [2.75, 3.05) is 55.5 Å². The Morgan fingerprint density at radius 1 is 1.20 bits per heavy atom. The molecule has 0 bridgehead atoms. The molecular weight excluding hydrogens is 658 g/mol. The van der Waals surface area contributed by atoms with Crippen LogP contribution in [-0.2, 0) is 4.74 Å². The zero-order valence-electron chi connectivity index (χ0n) is 22.5. The molecule has 0 unspecified atom stereocenters. The zero-order chi connectivity index (χ0) is 29.3. The Labute approximate surface area is 249 Å². The van der Waals surface area contributed by atoms with E-state index in [2.05, 4.69) is 44.4 Å². The molecule has 2 saturated heterocycles. The fraction of sp³-hybridized carbons (Fsp3) is 0.462. The van der Waals surface area contributed by atoms with Crippen LogP contribution in [0, 0.1) is 6.92 Å². The number of nitrogens with zero attached hydrogens (tertiary/aromatic N) is 4. The predicted molar refractivity (Wildman–Crippen MR) is 164 cm³/mol. The maximum Gasteiger partial charge on any atom is 0.386 e. The van der Waals surface area contributed by atoms with Gasteiger partial charge in [-0.25, -0.2) is 15.6 Å². The van der Waals surface area contributed by atoms with Crippen LogP contribution in [0.3, 0.4) is 0 Å². The summed E-state index contributed by atoms with van der Waals surface area (Å²) in [6, 6.07) is 10.0. The Kier molecular flexibility index (Phi) is 12.0. The Morgan fingerprint density at radius 2 is 1.85 bits per heavy atom. The molecule has 4 rings (SSSR count). The van der Waals surface area contributed by atoms with E-state index in [0.717, 1.165) is 67.2 Å². The van der Waals surface area contributed by atoms with Gasteiger partial charge in [-0.2, -0.15) is 13.2 Å². The van der Waals surface area contributed by atoms with Crippen LogP contribution >= 0.6 is 30.1 Å². The largest absolute Gasteiger partial charge is 0.396 e. The third-order valence-corrected chi connectivity index (χ3v) is 7.37. The van der Waals surface area contributed by atoms with Gasteiger partial charge in [0.2, 0.25) is 0 Å². The minimum atomic E-state index is -4.00. The van der Waals surface area contributed by atoms with Crippen molar-refractivity contribution >= 4 is 53.4 Å². The maximum absolute atomic E-state index is 12.7. The lowest BCUT2D eigenvalue weighted by Crippen LogP contribution is -2.37. The van der Waals surface area contributed by atoms with Crippen LogP contribution in [0.15, 0.2) is 36.5 Å². The third-order valence-electron chi connectivity index (χ3n) is 6.14. The highest BCUT2D eigenvalue weighted by molar-refractivity contribution is 14.2. The topological polar surface area (TPSA) is 113 Å². The number of pyridine rings is 1. The molecule has 2 fully saturated rings. The average molecular weight is 694 g/mol. The Balaban J connectivity index is 0.000000810. The number of carbonyl (C=O) groups is 1. The first kappa shape index (κ1) is 32.1. The molecule has 2 aliphatic heterocycles. The van der Waals surface area contributed by atoms with E-state index in [-0.39, 0.29) is 13.0 Å². The summed E-state index contributed by atoms with van der Waals surface area (Å²) in [5.74, 6) is 7.50. The molecule has 220 valence electrons. The highest BCUT2D eigenvalue weighted by atomic mass is 127. The number of aryl methyl sites for hydroxylation is 1. The highest BCUT2D eigenvalue weighted by Crippen LogP contribution is 2.31. The molecule has 3 heterocycles. The van der Waals surface area contributed by atoms with E-state index in [1.807, 2.05) is 29.2 Å². The van der Waals surface area contributed by atoms with Crippen LogP contribution in [0.2, 0.25) is 0 Å². The molecule has 2 amide bonds. The van der Waals surface area contributed by atoms with Gasteiger partial charge in [0.05, 0.1) is 30.5 Å². The second-order valence-corrected chi connectivity index (χ2v) is 11.8. The summed E-state index contributed by atoms with van der Waals surface area (Å²) in [6.07, 6.45) is -0.175. The number of amides is 2. The molecule has 9 nitrogen and oxygen atoms in total. The number of likely N-dealkylation sites (tertiary alicyclic amines) is 1. The molecule has 2 aliphatic rings. The zero-order valence-corrected chi connectivity index (χ0v) is 25.5. The summed E-state index contributed by atoms with van der Waals surface area (Å²) < 4.78 is 36.6. The van der Waals surface area contributed by atoms with Crippen molar-refractivity contribution < 1.29 is 22.7 Å². The monoisotopic (exact) mass is 693 g/mol. The number of nitrogens with two attached hydrogens (primary N) is 2. The summed E-state index contributed by atoms with van der Waals surface area (Å²) in [7, 11) is 1.58. The second kappa shape index (κ2) is 15.0. The first-order valence-corrected chi connectivity index (χ1v) is 16.3. The first-order valence-electron chi connectivity index (χ1n) is 12.8. The summed E-state index contributed by atoms with van der Waals surface area (Å²) in [5, 5.41) is 4.61. The number of alkyl halides is 3. The lowest BCUT2D eigenvalue weighted by Gasteiger charge is -2.28. The molecule has 2 aromatic rings. The van der Waals surface area contributed by atoms with Gasteiger partial charge in [0, 0.05) is 45.0 Å². The van der Waals surface area contributed by atoms with Crippen LogP contribution in [0.4, 0.5) is 29.5 Å². The lowest BCUT2D eigenvalue weighted by atomic mass is 9.99. The van der Waals surface area contributed by atoms with Crippen molar-refractivity contribution in [1.29, 1.82) is 0 Å². The molecular formula is C26H35F3IN7O2S. The van der Waals surface area contributed by atoms with Gasteiger partial charge in [-0.05, 0) is 81.9 Å². The fourth-order valence-corrected chi connectivity index (χ4v) is 5.40. The number of anilines is 2. The molecule has 14 heteroatoms. The van der Waals surface area contributed by atoms with E-state index in [1.54, 1.807) is 20.1 Å². The third kappa shape index (κ3) is 10.2. The smallest absolute Gasteiger partial charge is 0.386 e. The molecule has 1 aromatic heterocycles. The first-order chi connectivity index (χ1) is 18.9. The van der Waals surface area contributed by atoms with Gasteiger partial charge >= 0.3 is 12.2 Å². The second-order valence-electron chi connectivity index (χ2n) is 9.47. The summed E-state index contributed by atoms with van der Waals surface area (Å²) in [5.41, 5.74) is 11.4. The summed E-state index contributed by atoms with van der Waals surface area (Å²) >= 11 is 2.20. The standard InChI is InChI=1S/C24H32IN7O2S.C2H3F3/c1-17-4-5-19(28-24(33)31-6-2-3-7-31)14-20(17)18-12-22(21(26)15-32(27)16-35-25)29-23(13-18)30-8-10-34-11-9-30;1-2(3,4)5/h4-5,12-15H,2-3,6-11,16,26-27H2,1H3,(H,28,33);1H3/b21-15-;. The van der Waals surface area contributed by atoms with Gasteiger partial charge in [-0.3, -0.25) is 0 Å². The minimum absolute atomic E-state index is 0.0509. The summed E-state index contributed by atoms with van der Waals surface area (Å²) in [6.45, 7) is 6.71. The Morgan fingerprint density at radius 3 is 2.48 bits per heavy atom. The van der Waals surface area contributed by atoms with Crippen LogP contribution in [0.5, 0.6) is 0 Å². The quantitative estimate of drug-likeness (QED) is 0.150. The molecule has 0 atom stereocenters. The van der Waals surface area contributed by atoms with Gasteiger partial charge in [0.15, 0.2) is 0 Å². The van der Waals surface area contributed by atoms with E-state index >= 15 is 0 Å². The predicted octanol–water partition coefficient (Wildman–Crippen LogP) is 5.56. The number of halogens is 4. The molecule has 0 radical (unpaired) electrons. The van der Waals surface area contributed by atoms with Crippen molar-refractivity contribution in [2.24, 2.45) is 11.6 Å². The van der Waals surface area contributed by atoms with E-state index in [9.17, 15) is 18.0 Å². The van der Waals surface area contributed by atoms with Gasteiger partial charge in [-0.1, -0.05) is 15.0 Å². The maximum atomic E-state index is 12.7. The average Bonchev–Trinajstić information content (AvgIpc) is 3.45. The van der Waals surface area contributed by atoms with Crippen molar-refractivity contribution in [3.63, 3.8) is 0 Å². The number of carbonyl (C=O) groups excluding carboxylic acids is 1. The highest BCUT2D eigenvalue weighted by Gasteiger charge is 2.20. The SMILES string of the molecule is CC(F)(F)F.Cc1ccc(NC(=O)N2CCCC2)cc1-c1cc(/C(N)=C/N(N)CSI)nc(N2CCOCC2)c1. The molecule has 0 saturated carbocycles. The number of hydrogen-bond acceptors (Lipinski definition) is 8. The van der Waals surface area contributed by atoms with E-state index in [1.165, 1.54) is 0 Å². The molecule has 5 N–H and O–H groups in total. The van der Waals surface area contributed by atoms with Crippen molar-refractivity contribution in [3.05, 3.63) is 47.8 Å². The normalized spacial score (nSPS) is 15.9.